The number of nitrogens with two attached hydrogens (primary N) is 1. The molecular formula is C13H18NO7PS. The van der Waals surface area contributed by atoms with Crippen LogP contribution in [-0.2, 0) is 13.8 Å². The standard InChI is InChI=1S/C13H18NO7PS/c14-13(23)22(19,7-4-2-1-3-5-7)20-6-8-9(15)10(16)11(17)12(18)21-8/h1-5,8-12,15-18H,6H2,(H2,14,23)/t8-,9-,10+,11+,12+,22?/m1/s1. The van der Waals surface area contributed by atoms with E-state index in [0.717, 1.165) is 0 Å². The molecule has 2 rings (SSSR count). The third-order valence-electron chi connectivity index (χ3n) is 3.49. The maximum Gasteiger partial charge on any atom is 0.287 e. The molecule has 1 aromatic carbocycles. The van der Waals surface area contributed by atoms with Crippen molar-refractivity contribution in [2.45, 2.75) is 30.7 Å². The maximum absolute atomic E-state index is 12.9. The van der Waals surface area contributed by atoms with Crippen LogP contribution in [-0.4, -0.2) is 62.5 Å². The second kappa shape index (κ2) is 7.33. The lowest BCUT2D eigenvalue weighted by Gasteiger charge is -2.38. The van der Waals surface area contributed by atoms with Gasteiger partial charge in [0.05, 0.1) is 6.61 Å². The van der Waals surface area contributed by atoms with Crippen molar-refractivity contribution in [3.05, 3.63) is 30.3 Å². The fraction of sp³-hybridized carbons (Fsp3) is 0.462. The average molecular weight is 363 g/mol. The van der Waals surface area contributed by atoms with E-state index in [4.69, 9.17) is 27.2 Å². The van der Waals surface area contributed by atoms with E-state index in [0.29, 0.717) is 0 Å². The van der Waals surface area contributed by atoms with E-state index in [2.05, 4.69) is 0 Å². The highest BCUT2D eigenvalue weighted by molar-refractivity contribution is 8.02. The zero-order valence-corrected chi connectivity index (χ0v) is 13.6. The predicted molar refractivity (Wildman–Crippen MR) is 85.3 cm³/mol. The van der Waals surface area contributed by atoms with Crippen LogP contribution in [0.3, 0.4) is 0 Å². The number of aliphatic hydroxyl groups excluding tert-OH is 4. The predicted octanol–water partition coefficient (Wildman–Crippen LogP) is -1.35. The van der Waals surface area contributed by atoms with Gasteiger partial charge in [0.25, 0.3) is 7.37 Å². The third-order valence-corrected chi connectivity index (χ3v) is 6.29. The van der Waals surface area contributed by atoms with Crippen molar-refractivity contribution in [1.29, 1.82) is 0 Å². The summed E-state index contributed by atoms with van der Waals surface area (Å²) in [6.45, 7) is -0.453. The number of hydrogen-bond acceptors (Lipinski definition) is 8. The van der Waals surface area contributed by atoms with E-state index in [9.17, 15) is 25.0 Å². The molecule has 6 atom stereocenters. The quantitative estimate of drug-likeness (QED) is 0.317. The minimum Gasteiger partial charge on any atom is -0.387 e. The fourth-order valence-electron chi connectivity index (χ4n) is 2.14. The molecule has 0 amide bonds. The van der Waals surface area contributed by atoms with E-state index in [-0.39, 0.29) is 10.0 Å². The van der Waals surface area contributed by atoms with Crippen LogP contribution in [0.4, 0.5) is 0 Å². The molecule has 0 saturated carbocycles. The van der Waals surface area contributed by atoms with Gasteiger partial charge in [-0.05, 0) is 12.1 Å². The first-order valence-electron chi connectivity index (χ1n) is 6.75. The van der Waals surface area contributed by atoms with E-state index in [1.54, 1.807) is 18.2 Å². The van der Waals surface area contributed by atoms with E-state index in [1.807, 2.05) is 0 Å². The molecular weight excluding hydrogens is 345 g/mol. The number of benzene rings is 1. The molecule has 0 spiro atoms. The Morgan fingerprint density at radius 1 is 1.17 bits per heavy atom. The number of aliphatic hydroxyl groups is 4. The second-order valence-corrected chi connectivity index (χ2v) is 8.16. The third kappa shape index (κ3) is 3.78. The van der Waals surface area contributed by atoms with Crippen molar-refractivity contribution < 1.29 is 34.3 Å². The molecule has 10 heteroatoms. The van der Waals surface area contributed by atoms with Crippen LogP contribution < -0.4 is 11.0 Å². The van der Waals surface area contributed by atoms with Crippen LogP contribution in [0, 0.1) is 0 Å². The van der Waals surface area contributed by atoms with Crippen molar-refractivity contribution in [3.63, 3.8) is 0 Å². The zero-order valence-electron chi connectivity index (χ0n) is 11.9. The molecule has 0 bridgehead atoms. The molecule has 1 aliphatic rings. The number of ether oxygens (including phenoxy) is 1. The molecule has 1 aromatic rings. The molecule has 23 heavy (non-hydrogen) atoms. The molecule has 0 aromatic heterocycles. The van der Waals surface area contributed by atoms with Crippen LogP contribution in [0.5, 0.6) is 0 Å². The minimum atomic E-state index is -3.70. The van der Waals surface area contributed by atoms with Gasteiger partial charge in [-0.25, -0.2) is 0 Å². The van der Waals surface area contributed by atoms with Crippen molar-refractivity contribution in [2.75, 3.05) is 6.61 Å². The Kier molecular flexibility index (Phi) is 5.88. The number of hydrogen-bond donors (Lipinski definition) is 5. The van der Waals surface area contributed by atoms with Crippen LogP contribution in [0.2, 0.25) is 0 Å². The summed E-state index contributed by atoms with van der Waals surface area (Å²) < 4.78 is 22.8. The van der Waals surface area contributed by atoms with Crippen LogP contribution in [0.1, 0.15) is 0 Å². The summed E-state index contributed by atoms with van der Waals surface area (Å²) in [6, 6.07) is 8.06. The van der Waals surface area contributed by atoms with Gasteiger partial charge in [0.15, 0.2) is 11.0 Å². The lowest BCUT2D eigenvalue weighted by Crippen LogP contribution is -2.58. The molecule has 1 heterocycles. The summed E-state index contributed by atoms with van der Waals surface area (Å²) >= 11 is 4.82. The minimum absolute atomic E-state index is 0.277. The van der Waals surface area contributed by atoms with Gasteiger partial charge < -0.3 is 35.4 Å². The van der Waals surface area contributed by atoms with Gasteiger partial charge in [0, 0.05) is 5.30 Å². The highest BCUT2D eigenvalue weighted by atomic mass is 32.1. The van der Waals surface area contributed by atoms with Crippen LogP contribution in [0.15, 0.2) is 30.3 Å². The van der Waals surface area contributed by atoms with Gasteiger partial charge in [-0.15, -0.1) is 0 Å². The van der Waals surface area contributed by atoms with Crippen LogP contribution >= 0.6 is 19.6 Å². The molecule has 128 valence electrons. The average Bonchev–Trinajstić information content (AvgIpc) is 2.55. The summed E-state index contributed by atoms with van der Waals surface area (Å²) in [4.78, 5) is 0. The van der Waals surface area contributed by atoms with Gasteiger partial charge in [-0.3, -0.25) is 4.57 Å². The van der Waals surface area contributed by atoms with E-state index < -0.39 is 44.7 Å². The molecule has 1 aliphatic heterocycles. The largest absolute Gasteiger partial charge is 0.387 e. The van der Waals surface area contributed by atoms with Gasteiger partial charge in [0.2, 0.25) is 0 Å². The fourth-order valence-corrected chi connectivity index (χ4v) is 4.06. The van der Waals surface area contributed by atoms with Crippen molar-refractivity contribution in [2.24, 2.45) is 5.73 Å². The van der Waals surface area contributed by atoms with Gasteiger partial charge >= 0.3 is 0 Å². The molecule has 6 N–H and O–H groups in total. The van der Waals surface area contributed by atoms with Gasteiger partial charge in [0.1, 0.15) is 24.4 Å². The molecule has 1 unspecified atom stereocenters. The topological polar surface area (TPSA) is 142 Å². The molecule has 1 fully saturated rings. The highest BCUT2D eigenvalue weighted by Gasteiger charge is 2.44. The van der Waals surface area contributed by atoms with Crippen molar-refractivity contribution in [3.8, 4) is 0 Å². The Hall–Kier alpha value is -0.900. The number of rotatable bonds is 5. The molecule has 8 nitrogen and oxygen atoms in total. The Labute approximate surface area is 137 Å². The highest BCUT2D eigenvalue weighted by Crippen LogP contribution is 2.46. The SMILES string of the molecule is NC(=S)P(=O)(OC[C@H]1O[C@H](O)[C@@H](O)[C@@H](O)[C@@H]1O)c1ccccc1. The second-order valence-electron chi connectivity index (χ2n) is 5.06. The summed E-state index contributed by atoms with van der Waals surface area (Å²) in [5.74, 6) is 0. The summed E-state index contributed by atoms with van der Waals surface area (Å²) in [5.41, 5.74) is 5.53. The Bertz CT molecular complexity index is 601. The molecule has 1 saturated heterocycles. The van der Waals surface area contributed by atoms with E-state index in [1.165, 1.54) is 12.1 Å². The Morgan fingerprint density at radius 2 is 1.78 bits per heavy atom. The lowest BCUT2D eigenvalue weighted by molar-refractivity contribution is -0.285. The smallest absolute Gasteiger partial charge is 0.287 e. The first-order chi connectivity index (χ1) is 10.8. The molecule has 0 radical (unpaired) electrons. The zero-order chi connectivity index (χ0) is 17.2. The lowest BCUT2D eigenvalue weighted by atomic mass is 10.00. The molecule has 0 aliphatic carbocycles. The van der Waals surface area contributed by atoms with Crippen molar-refractivity contribution >= 4 is 29.6 Å². The van der Waals surface area contributed by atoms with E-state index >= 15 is 0 Å². The monoisotopic (exact) mass is 363 g/mol. The van der Waals surface area contributed by atoms with Gasteiger partial charge in [-0.2, -0.15) is 0 Å². The summed E-state index contributed by atoms with van der Waals surface area (Å²) in [6.07, 6.45) is -7.74. The number of thiocarbonyl (C=S) groups is 1. The Balaban J connectivity index is 2.14. The summed E-state index contributed by atoms with van der Waals surface area (Å²) in [5, 5.41) is 38.6. The first-order valence-corrected chi connectivity index (χ1v) is 8.78. The Morgan fingerprint density at radius 3 is 2.35 bits per heavy atom. The van der Waals surface area contributed by atoms with Crippen molar-refractivity contribution in [1.82, 2.24) is 0 Å². The van der Waals surface area contributed by atoms with Gasteiger partial charge in [-0.1, -0.05) is 30.4 Å². The first kappa shape index (κ1) is 18.4. The normalized spacial score (nSPS) is 33.8. The summed E-state index contributed by atoms with van der Waals surface area (Å²) in [7, 11) is -3.70. The van der Waals surface area contributed by atoms with Crippen LogP contribution in [0.25, 0.3) is 0 Å². The maximum atomic E-state index is 12.9.